The molecule has 3 heteroatoms. The van der Waals surface area contributed by atoms with Gasteiger partial charge in [-0.15, -0.1) is 0 Å². The number of hydrogen-bond donors (Lipinski definition) is 0. The third-order valence-corrected chi connectivity index (χ3v) is 7.04. The SMILES string of the molecule is C/C=C/C1CCC(CCc2ccc(-c3ccc4cc(CC)c(F)c(F)c4c3F)cc2)CC1. The van der Waals surface area contributed by atoms with Crippen LogP contribution >= 0.6 is 0 Å². The molecule has 1 aliphatic carbocycles. The Morgan fingerprint density at radius 2 is 1.59 bits per heavy atom. The molecule has 0 nitrogen and oxygen atoms in total. The molecule has 0 aliphatic heterocycles. The van der Waals surface area contributed by atoms with Crippen molar-refractivity contribution in [3.05, 3.63) is 83.2 Å². The molecular formula is C29H31F3. The van der Waals surface area contributed by atoms with Gasteiger partial charge < -0.3 is 0 Å². The molecule has 1 saturated carbocycles. The van der Waals surface area contributed by atoms with E-state index in [0.717, 1.165) is 18.3 Å². The van der Waals surface area contributed by atoms with Gasteiger partial charge in [-0.2, -0.15) is 0 Å². The number of fused-ring (bicyclic) bond motifs is 1. The van der Waals surface area contributed by atoms with Crippen LogP contribution < -0.4 is 0 Å². The van der Waals surface area contributed by atoms with Gasteiger partial charge in [0.05, 0.1) is 5.39 Å². The number of rotatable bonds is 6. The third-order valence-electron chi connectivity index (χ3n) is 7.04. The summed E-state index contributed by atoms with van der Waals surface area (Å²) < 4.78 is 44.0. The van der Waals surface area contributed by atoms with E-state index in [0.29, 0.717) is 22.9 Å². The Hall–Kier alpha value is -2.55. The Labute approximate surface area is 189 Å². The molecule has 0 saturated heterocycles. The Bertz CT molecular complexity index is 1100. The van der Waals surface area contributed by atoms with Crippen LogP contribution in [0, 0.1) is 29.3 Å². The zero-order valence-electron chi connectivity index (χ0n) is 18.9. The van der Waals surface area contributed by atoms with Crippen LogP contribution in [0.15, 0.2) is 54.6 Å². The molecule has 168 valence electrons. The molecule has 3 aromatic rings. The average molecular weight is 437 g/mol. The van der Waals surface area contributed by atoms with Gasteiger partial charge in [0.1, 0.15) is 5.82 Å². The summed E-state index contributed by atoms with van der Waals surface area (Å²) in [5.41, 5.74) is 2.48. The van der Waals surface area contributed by atoms with Crippen LogP contribution in [-0.2, 0) is 12.8 Å². The molecule has 0 N–H and O–H groups in total. The maximum atomic E-state index is 15.2. The van der Waals surface area contributed by atoms with Crippen molar-refractivity contribution in [3.63, 3.8) is 0 Å². The number of hydrogen-bond acceptors (Lipinski definition) is 0. The Morgan fingerprint density at radius 1 is 0.875 bits per heavy atom. The summed E-state index contributed by atoms with van der Waals surface area (Å²) in [6.45, 7) is 3.85. The lowest BCUT2D eigenvalue weighted by Crippen LogP contribution is -2.13. The van der Waals surface area contributed by atoms with E-state index >= 15 is 4.39 Å². The van der Waals surface area contributed by atoms with Gasteiger partial charge in [0.15, 0.2) is 11.6 Å². The average Bonchev–Trinajstić information content (AvgIpc) is 2.81. The molecule has 4 rings (SSSR count). The van der Waals surface area contributed by atoms with Crippen molar-refractivity contribution in [1.29, 1.82) is 0 Å². The van der Waals surface area contributed by atoms with Gasteiger partial charge in [0, 0.05) is 5.56 Å². The van der Waals surface area contributed by atoms with Crippen LogP contribution in [-0.4, -0.2) is 0 Å². The van der Waals surface area contributed by atoms with Crippen LogP contribution in [0.3, 0.4) is 0 Å². The Balaban J connectivity index is 1.48. The van der Waals surface area contributed by atoms with Crippen LogP contribution in [0.5, 0.6) is 0 Å². The molecule has 1 aliphatic rings. The fraction of sp³-hybridized carbons (Fsp3) is 0.379. The molecule has 0 radical (unpaired) electrons. The summed E-state index contributed by atoms with van der Waals surface area (Å²) in [7, 11) is 0. The van der Waals surface area contributed by atoms with Crippen molar-refractivity contribution >= 4 is 10.8 Å². The van der Waals surface area contributed by atoms with E-state index in [9.17, 15) is 8.78 Å². The lowest BCUT2D eigenvalue weighted by molar-refractivity contribution is 0.296. The van der Waals surface area contributed by atoms with Crippen LogP contribution in [0.1, 0.15) is 57.1 Å². The first-order chi connectivity index (χ1) is 15.5. The van der Waals surface area contributed by atoms with Crippen molar-refractivity contribution in [2.75, 3.05) is 0 Å². The molecule has 32 heavy (non-hydrogen) atoms. The molecule has 0 atom stereocenters. The molecule has 0 heterocycles. The highest BCUT2D eigenvalue weighted by Crippen LogP contribution is 2.34. The fourth-order valence-electron chi connectivity index (χ4n) is 5.08. The molecular weight excluding hydrogens is 405 g/mol. The molecule has 3 aromatic carbocycles. The summed E-state index contributed by atoms with van der Waals surface area (Å²) in [4.78, 5) is 0. The first-order valence-electron chi connectivity index (χ1n) is 11.8. The van der Waals surface area contributed by atoms with Crippen molar-refractivity contribution in [1.82, 2.24) is 0 Å². The normalized spacial score (nSPS) is 19.2. The molecule has 0 amide bonds. The predicted molar refractivity (Wildman–Crippen MR) is 127 cm³/mol. The first-order valence-corrected chi connectivity index (χ1v) is 11.8. The zero-order valence-corrected chi connectivity index (χ0v) is 18.9. The smallest absolute Gasteiger partial charge is 0.169 e. The Kier molecular flexibility index (Phi) is 7.03. The summed E-state index contributed by atoms with van der Waals surface area (Å²) in [6.07, 6.45) is 12.2. The lowest BCUT2D eigenvalue weighted by Gasteiger charge is -2.26. The second-order valence-electron chi connectivity index (χ2n) is 9.08. The quantitative estimate of drug-likeness (QED) is 0.339. The highest BCUT2D eigenvalue weighted by Gasteiger charge is 2.20. The van der Waals surface area contributed by atoms with Crippen LogP contribution in [0.25, 0.3) is 21.9 Å². The van der Waals surface area contributed by atoms with Gasteiger partial charge in [-0.05, 0) is 91.8 Å². The topological polar surface area (TPSA) is 0 Å². The second-order valence-corrected chi connectivity index (χ2v) is 9.08. The molecule has 0 aromatic heterocycles. The molecule has 0 unspecified atom stereocenters. The predicted octanol–water partition coefficient (Wildman–Crippen LogP) is 8.80. The number of aryl methyl sites for hydroxylation is 2. The molecule has 1 fully saturated rings. The maximum Gasteiger partial charge on any atom is 0.169 e. The van der Waals surface area contributed by atoms with Gasteiger partial charge in [0.2, 0.25) is 0 Å². The van der Waals surface area contributed by atoms with Gasteiger partial charge >= 0.3 is 0 Å². The lowest BCUT2D eigenvalue weighted by atomic mass is 9.79. The van der Waals surface area contributed by atoms with Gasteiger partial charge in [0.25, 0.3) is 0 Å². The van der Waals surface area contributed by atoms with E-state index in [-0.39, 0.29) is 10.9 Å². The number of benzene rings is 3. The van der Waals surface area contributed by atoms with Gasteiger partial charge in [-0.3, -0.25) is 0 Å². The summed E-state index contributed by atoms with van der Waals surface area (Å²) in [6, 6.07) is 12.7. The zero-order chi connectivity index (χ0) is 22.7. The molecule has 0 bridgehead atoms. The van der Waals surface area contributed by atoms with Crippen molar-refractivity contribution in [3.8, 4) is 11.1 Å². The summed E-state index contributed by atoms with van der Waals surface area (Å²) >= 11 is 0. The number of halogens is 3. The maximum absolute atomic E-state index is 15.2. The highest BCUT2D eigenvalue weighted by atomic mass is 19.2. The monoisotopic (exact) mass is 436 g/mol. The van der Waals surface area contributed by atoms with Crippen LogP contribution in [0.2, 0.25) is 0 Å². The van der Waals surface area contributed by atoms with E-state index in [2.05, 4.69) is 19.1 Å². The minimum Gasteiger partial charge on any atom is -0.206 e. The molecule has 0 spiro atoms. The van der Waals surface area contributed by atoms with Crippen molar-refractivity contribution < 1.29 is 13.2 Å². The van der Waals surface area contributed by atoms with E-state index in [1.807, 2.05) is 24.3 Å². The van der Waals surface area contributed by atoms with E-state index in [4.69, 9.17) is 0 Å². The minimum atomic E-state index is -1.10. The Morgan fingerprint density at radius 3 is 2.25 bits per heavy atom. The minimum absolute atomic E-state index is 0.266. The number of allylic oxidation sites excluding steroid dienone is 2. The van der Waals surface area contributed by atoms with Gasteiger partial charge in [-0.1, -0.05) is 55.5 Å². The second kappa shape index (κ2) is 9.94. The summed E-state index contributed by atoms with van der Waals surface area (Å²) in [5.74, 6) is -1.22. The summed E-state index contributed by atoms with van der Waals surface area (Å²) in [5, 5.41) is 0.123. The largest absolute Gasteiger partial charge is 0.206 e. The van der Waals surface area contributed by atoms with E-state index < -0.39 is 17.5 Å². The standard InChI is InChI=1S/C29H31F3/c1-3-5-19-6-8-20(9-7-19)10-11-21-12-14-23(15-13-21)25-17-16-24-18-22(4-2)27(30)29(32)26(24)28(25)31/h3,5,12-20H,4,6-11H2,1-2H3/b5-3+. The first kappa shape index (κ1) is 22.6. The van der Waals surface area contributed by atoms with Gasteiger partial charge in [-0.25, -0.2) is 13.2 Å². The third kappa shape index (κ3) is 4.62. The van der Waals surface area contributed by atoms with Crippen molar-refractivity contribution in [2.24, 2.45) is 11.8 Å². The highest BCUT2D eigenvalue weighted by molar-refractivity contribution is 5.89. The van der Waals surface area contributed by atoms with Crippen LogP contribution in [0.4, 0.5) is 13.2 Å². The fourth-order valence-corrected chi connectivity index (χ4v) is 5.08. The van der Waals surface area contributed by atoms with E-state index in [1.54, 1.807) is 19.1 Å². The van der Waals surface area contributed by atoms with E-state index in [1.165, 1.54) is 43.7 Å². The van der Waals surface area contributed by atoms with Crippen molar-refractivity contribution in [2.45, 2.75) is 58.8 Å².